The SMILES string of the molecule is CC1CN(C(=O)c2ccc(F)cc2O)CCC1=O. The van der Waals surface area contributed by atoms with Crippen LogP contribution in [0.4, 0.5) is 4.39 Å². The minimum atomic E-state index is -0.591. The van der Waals surface area contributed by atoms with Gasteiger partial charge in [0, 0.05) is 31.5 Å². The topological polar surface area (TPSA) is 57.6 Å². The number of halogens is 1. The summed E-state index contributed by atoms with van der Waals surface area (Å²) in [6.07, 6.45) is 0.328. The Kier molecular flexibility index (Phi) is 3.32. The first-order chi connectivity index (χ1) is 8.49. The largest absolute Gasteiger partial charge is 0.507 e. The van der Waals surface area contributed by atoms with Crippen LogP contribution in [0.1, 0.15) is 23.7 Å². The van der Waals surface area contributed by atoms with E-state index in [4.69, 9.17) is 0 Å². The van der Waals surface area contributed by atoms with Crippen molar-refractivity contribution in [2.24, 2.45) is 5.92 Å². The van der Waals surface area contributed by atoms with Gasteiger partial charge in [-0.1, -0.05) is 6.92 Å². The number of piperidine rings is 1. The zero-order chi connectivity index (χ0) is 13.3. The van der Waals surface area contributed by atoms with Gasteiger partial charge < -0.3 is 10.0 Å². The molecule has 1 aromatic rings. The van der Waals surface area contributed by atoms with Crippen molar-refractivity contribution in [3.05, 3.63) is 29.6 Å². The smallest absolute Gasteiger partial charge is 0.257 e. The Balaban J connectivity index is 2.19. The Morgan fingerprint density at radius 3 is 2.83 bits per heavy atom. The summed E-state index contributed by atoms with van der Waals surface area (Å²) in [5.41, 5.74) is 0.0675. The fraction of sp³-hybridized carbons (Fsp3) is 0.385. The summed E-state index contributed by atoms with van der Waals surface area (Å²) in [5, 5.41) is 9.56. The molecule has 1 heterocycles. The van der Waals surface area contributed by atoms with Crippen LogP contribution in [0, 0.1) is 11.7 Å². The zero-order valence-electron chi connectivity index (χ0n) is 10.0. The van der Waals surface area contributed by atoms with Crippen LogP contribution in [0.5, 0.6) is 5.75 Å². The van der Waals surface area contributed by atoms with E-state index in [1.54, 1.807) is 6.92 Å². The maximum Gasteiger partial charge on any atom is 0.257 e. The predicted octanol–water partition coefficient (Wildman–Crippen LogP) is 1.58. The molecular formula is C13H14FNO3. The number of hydrogen-bond donors (Lipinski definition) is 1. The Hall–Kier alpha value is -1.91. The molecule has 4 nitrogen and oxygen atoms in total. The van der Waals surface area contributed by atoms with Crippen LogP contribution in [0.25, 0.3) is 0 Å². The third-order valence-electron chi connectivity index (χ3n) is 3.15. The number of phenols is 1. The molecule has 0 saturated carbocycles. The number of carbonyl (C=O) groups is 2. The van der Waals surface area contributed by atoms with Gasteiger partial charge in [-0.05, 0) is 12.1 Å². The summed E-state index contributed by atoms with van der Waals surface area (Å²) in [6.45, 7) is 2.46. The first kappa shape index (κ1) is 12.5. The van der Waals surface area contributed by atoms with E-state index in [1.807, 2.05) is 0 Å². The Labute approximate surface area is 104 Å². The van der Waals surface area contributed by atoms with Gasteiger partial charge in [-0.2, -0.15) is 0 Å². The molecule has 0 bridgehead atoms. The van der Waals surface area contributed by atoms with Crippen molar-refractivity contribution in [1.82, 2.24) is 4.90 Å². The van der Waals surface area contributed by atoms with Gasteiger partial charge in [0.2, 0.25) is 0 Å². The van der Waals surface area contributed by atoms with E-state index in [2.05, 4.69) is 0 Å². The van der Waals surface area contributed by atoms with Crippen molar-refractivity contribution in [2.75, 3.05) is 13.1 Å². The van der Waals surface area contributed by atoms with Crippen molar-refractivity contribution in [1.29, 1.82) is 0 Å². The highest BCUT2D eigenvalue weighted by molar-refractivity contribution is 5.98. The average Bonchev–Trinajstić information content (AvgIpc) is 2.32. The molecule has 0 aromatic heterocycles. The molecule has 1 unspecified atom stereocenters. The monoisotopic (exact) mass is 251 g/mol. The number of aromatic hydroxyl groups is 1. The van der Waals surface area contributed by atoms with Gasteiger partial charge in [-0.3, -0.25) is 9.59 Å². The summed E-state index contributed by atoms with van der Waals surface area (Å²) < 4.78 is 12.8. The lowest BCUT2D eigenvalue weighted by atomic mass is 9.98. The molecule has 1 atom stereocenters. The van der Waals surface area contributed by atoms with Crippen molar-refractivity contribution in [3.63, 3.8) is 0 Å². The molecule has 1 aromatic carbocycles. The summed E-state index contributed by atoms with van der Waals surface area (Å²) in [4.78, 5) is 25.0. The molecular weight excluding hydrogens is 237 g/mol. The highest BCUT2D eigenvalue weighted by Gasteiger charge is 2.28. The highest BCUT2D eigenvalue weighted by atomic mass is 19.1. The van der Waals surface area contributed by atoms with Gasteiger partial charge in [-0.25, -0.2) is 4.39 Å². The molecule has 18 heavy (non-hydrogen) atoms. The van der Waals surface area contributed by atoms with E-state index in [1.165, 1.54) is 11.0 Å². The number of phenolic OH excluding ortho intramolecular Hbond substituents is 1. The minimum Gasteiger partial charge on any atom is -0.507 e. The molecule has 1 N–H and O–H groups in total. The van der Waals surface area contributed by atoms with Crippen LogP contribution >= 0.6 is 0 Å². The van der Waals surface area contributed by atoms with Gasteiger partial charge in [0.05, 0.1) is 5.56 Å². The predicted molar refractivity (Wildman–Crippen MR) is 62.8 cm³/mol. The highest BCUT2D eigenvalue weighted by Crippen LogP contribution is 2.22. The molecule has 1 aliphatic rings. The summed E-state index contributed by atoms with van der Waals surface area (Å²) in [6, 6.07) is 3.30. The van der Waals surface area contributed by atoms with Crippen molar-refractivity contribution >= 4 is 11.7 Å². The number of amides is 1. The Morgan fingerprint density at radius 1 is 1.50 bits per heavy atom. The standard InChI is InChI=1S/C13H14FNO3/c1-8-7-15(5-4-11(8)16)13(18)10-3-2-9(14)6-12(10)17/h2-3,6,8,17H,4-5,7H2,1H3. The van der Waals surface area contributed by atoms with Crippen LogP contribution in [-0.4, -0.2) is 34.8 Å². The molecule has 0 radical (unpaired) electrons. The second-order valence-corrected chi connectivity index (χ2v) is 4.53. The van der Waals surface area contributed by atoms with Gasteiger partial charge in [0.25, 0.3) is 5.91 Å². The number of nitrogens with zero attached hydrogens (tertiary/aromatic N) is 1. The van der Waals surface area contributed by atoms with Crippen molar-refractivity contribution < 1.29 is 19.1 Å². The fourth-order valence-corrected chi connectivity index (χ4v) is 2.06. The number of carbonyl (C=O) groups excluding carboxylic acids is 2. The average molecular weight is 251 g/mol. The van der Waals surface area contributed by atoms with Crippen LogP contribution in [-0.2, 0) is 4.79 Å². The summed E-state index contributed by atoms with van der Waals surface area (Å²) in [7, 11) is 0. The van der Waals surface area contributed by atoms with E-state index < -0.39 is 5.82 Å². The lowest BCUT2D eigenvalue weighted by Crippen LogP contribution is -2.43. The van der Waals surface area contributed by atoms with Gasteiger partial charge >= 0.3 is 0 Å². The minimum absolute atomic E-state index is 0.0675. The third kappa shape index (κ3) is 2.34. The van der Waals surface area contributed by atoms with E-state index >= 15 is 0 Å². The van der Waals surface area contributed by atoms with Crippen LogP contribution < -0.4 is 0 Å². The first-order valence-electron chi connectivity index (χ1n) is 5.79. The van der Waals surface area contributed by atoms with Crippen LogP contribution in [0.3, 0.4) is 0 Å². The number of likely N-dealkylation sites (tertiary alicyclic amines) is 1. The normalized spacial score (nSPS) is 20.0. The maximum atomic E-state index is 12.8. The van der Waals surface area contributed by atoms with Gasteiger partial charge in [0.15, 0.2) is 0 Å². The Bertz CT molecular complexity index is 501. The summed E-state index contributed by atoms with van der Waals surface area (Å²) in [5.74, 6) is -1.38. The molecule has 96 valence electrons. The number of rotatable bonds is 1. The van der Waals surface area contributed by atoms with E-state index in [9.17, 15) is 19.1 Å². The molecule has 1 amide bonds. The molecule has 1 fully saturated rings. The molecule has 2 rings (SSSR count). The molecule has 0 spiro atoms. The van der Waals surface area contributed by atoms with E-state index in [0.29, 0.717) is 19.5 Å². The van der Waals surface area contributed by atoms with Crippen LogP contribution in [0.2, 0.25) is 0 Å². The van der Waals surface area contributed by atoms with Crippen molar-refractivity contribution in [3.8, 4) is 5.75 Å². The number of hydrogen-bond acceptors (Lipinski definition) is 3. The zero-order valence-corrected chi connectivity index (χ0v) is 10.0. The molecule has 5 heteroatoms. The number of benzene rings is 1. The molecule has 1 saturated heterocycles. The maximum absolute atomic E-state index is 12.8. The lowest BCUT2D eigenvalue weighted by molar-refractivity contribution is -0.124. The number of Topliss-reactive ketones (excluding diaryl/α,β-unsaturated/α-hetero) is 1. The van der Waals surface area contributed by atoms with E-state index in [-0.39, 0.29) is 28.9 Å². The first-order valence-corrected chi connectivity index (χ1v) is 5.79. The third-order valence-corrected chi connectivity index (χ3v) is 3.15. The molecule has 0 aliphatic carbocycles. The van der Waals surface area contributed by atoms with E-state index in [0.717, 1.165) is 12.1 Å². The van der Waals surface area contributed by atoms with Crippen molar-refractivity contribution in [2.45, 2.75) is 13.3 Å². The lowest BCUT2D eigenvalue weighted by Gasteiger charge is -2.30. The van der Waals surface area contributed by atoms with Gasteiger partial charge in [-0.15, -0.1) is 0 Å². The molecule has 1 aliphatic heterocycles. The van der Waals surface area contributed by atoms with Gasteiger partial charge in [0.1, 0.15) is 17.3 Å². The second-order valence-electron chi connectivity index (χ2n) is 4.53. The summed E-state index contributed by atoms with van der Waals surface area (Å²) >= 11 is 0. The fourth-order valence-electron chi connectivity index (χ4n) is 2.06. The second kappa shape index (κ2) is 4.76. The Morgan fingerprint density at radius 2 is 2.22 bits per heavy atom. The quantitative estimate of drug-likeness (QED) is 0.824. The van der Waals surface area contributed by atoms with Crippen LogP contribution in [0.15, 0.2) is 18.2 Å². The number of ketones is 1.